The van der Waals surface area contributed by atoms with Gasteiger partial charge in [-0.25, -0.2) is 4.98 Å². The average molecular weight is 329 g/mol. The van der Waals surface area contributed by atoms with E-state index in [-0.39, 0.29) is 30.0 Å². The zero-order valence-corrected chi connectivity index (χ0v) is 13.8. The first-order valence-corrected chi connectivity index (χ1v) is 7.68. The maximum atomic E-state index is 12.3. The van der Waals surface area contributed by atoms with E-state index in [1.807, 2.05) is 18.2 Å². The summed E-state index contributed by atoms with van der Waals surface area (Å²) in [4.78, 5) is 30.3. The van der Waals surface area contributed by atoms with E-state index >= 15 is 0 Å². The minimum absolute atomic E-state index is 0.0599. The van der Waals surface area contributed by atoms with Crippen LogP contribution in [0.1, 0.15) is 28.6 Å². The van der Waals surface area contributed by atoms with E-state index in [0.29, 0.717) is 29.6 Å². The number of carbonyl (C=O) groups is 2. The van der Waals surface area contributed by atoms with Crippen molar-refractivity contribution in [1.29, 1.82) is 0 Å². The Bertz CT molecular complexity index is 784. The number of ether oxygens (including phenoxy) is 1. The molecule has 1 N–H and O–H groups in total. The molecule has 0 unspecified atom stereocenters. The van der Waals surface area contributed by atoms with Gasteiger partial charge in [-0.1, -0.05) is 12.1 Å². The minimum Gasteiger partial charge on any atom is -0.495 e. The van der Waals surface area contributed by atoms with Crippen LogP contribution >= 0.6 is 0 Å². The smallest absolute Gasteiger partial charge is 0.289 e. The van der Waals surface area contributed by atoms with Crippen LogP contribution in [0, 0.1) is 13.8 Å². The Kier molecular flexibility index (Phi) is 4.24. The second-order valence-electron chi connectivity index (χ2n) is 5.70. The number of amides is 2. The van der Waals surface area contributed by atoms with Crippen molar-refractivity contribution in [2.45, 2.75) is 26.3 Å². The number of carbonyl (C=O) groups excluding carboxylic acids is 2. The summed E-state index contributed by atoms with van der Waals surface area (Å²) in [6.45, 7) is 3.79. The summed E-state index contributed by atoms with van der Waals surface area (Å²) in [6, 6.07) is 7.02. The maximum Gasteiger partial charge on any atom is 0.289 e. The van der Waals surface area contributed by atoms with Crippen LogP contribution < -0.4 is 15.0 Å². The third-order valence-corrected chi connectivity index (χ3v) is 3.95. The number of aromatic nitrogens is 1. The first kappa shape index (κ1) is 16.0. The SMILES string of the molecule is COc1ccccc1N1C[C@@H](NC(=O)c2oc(C)nc2C)CC1=O. The molecule has 1 aromatic heterocycles. The van der Waals surface area contributed by atoms with Gasteiger partial charge in [-0.15, -0.1) is 0 Å². The standard InChI is InChI=1S/C17H19N3O4/c1-10-16(24-11(2)18-10)17(22)19-12-8-15(21)20(9-12)13-6-4-5-7-14(13)23-3/h4-7,12H,8-9H2,1-3H3,(H,19,22)/t12-/m0/s1. The number of anilines is 1. The molecule has 0 bridgehead atoms. The molecule has 24 heavy (non-hydrogen) atoms. The van der Waals surface area contributed by atoms with Gasteiger partial charge in [0.25, 0.3) is 5.91 Å². The molecule has 1 aliphatic heterocycles. The van der Waals surface area contributed by atoms with Gasteiger partial charge in [-0.05, 0) is 19.1 Å². The topological polar surface area (TPSA) is 84.7 Å². The third-order valence-electron chi connectivity index (χ3n) is 3.95. The van der Waals surface area contributed by atoms with Gasteiger partial charge in [0.15, 0.2) is 5.89 Å². The van der Waals surface area contributed by atoms with E-state index < -0.39 is 0 Å². The maximum absolute atomic E-state index is 12.3. The summed E-state index contributed by atoms with van der Waals surface area (Å²) in [5.74, 6) is 0.842. The molecule has 1 saturated heterocycles. The highest BCUT2D eigenvalue weighted by Gasteiger charge is 2.33. The Morgan fingerprint density at radius 1 is 1.38 bits per heavy atom. The van der Waals surface area contributed by atoms with Crippen molar-refractivity contribution in [3.05, 3.63) is 41.6 Å². The third kappa shape index (κ3) is 2.97. The summed E-state index contributed by atoms with van der Waals surface area (Å²) in [5, 5.41) is 2.84. The summed E-state index contributed by atoms with van der Waals surface area (Å²) in [7, 11) is 1.56. The highest BCUT2D eigenvalue weighted by Crippen LogP contribution is 2.31. The van der Waals surface area contributed by atoms with Crippen LogP contribution in [0.15, 0.2) is 28.7 Å². The summed E-state index contributed by atoms with van der Waals surface area (Å²) < 4.78 is 10.6. The van der Waals surface area contributed by atoms with Gasteiger partial charge in [0.1, 0.15) is 5.75 Å². The van der Waals surface area contributed by atoms with Crippen LogP contribution in [0.5, 0.6) is 5.75 Å². The highest BCUT2D eigenvalue weighted by atomic mass is 16.5. The second kappa shape index (κ2) is 6.35. The number of nitrogens with zero attached hydrogens (tertiary/aromatic N) is 2. The molecule has 1 aliphatic rings. The molecule has 0 saturated carbocycles. The molecule has 3 rings (SSSR count). The number of hydrogen-bond donors (Lipinski definition) is 1. The molecule has 0 radical (unpaired) electrons. The minimum atomic E-state index is -0.354. The Hall–Kier alpha value is -2.83. The lowest BCUT2D eigenvalue weighted by atomic mass is 10.2. The van der Waals surface area contributed by atoms with Gasteiger partial charge < -0.3 is 19.4 Å². The van der Waals surface area contributed by atoms with Gasteiger partial charge in [0.2, 0.25) is 11.7 Å². The average Bonchev–Trinajstić information content (AvgIpc) is 3.08. The number of para-hydroxylation sites is 2. The lowest BCUT2D eigenvalue weighted by molar-refractivity contribution is -0.117. The molecule has 2 aromatic rings. The number of benzene rings is 1. The quantitative estimate of drug-likeness (QED) is 0.925. The van der Waals surface area contributed by atoms with Crippen molar-refractivity contribution in [1.82, 2.24) is 10.3 Å². The molecular formula is C17H19N3O4. The van der Waals surface area contributed by atoms with Crippen molar-refractivity contribution < 1.29 is 18.7 Å². The van der Waals surface area contributed by atoms with Crippen LogP contribution in [0.4, 0.5) is 5.69 Å². The van der Waals surface area contributed by atoms with Gasteiger partial charge >= 0.3 is 0 Å². The lowest BCUT2D eigenvalue weighted by Gasteiger charge is -2.19. The Balaban J connectivity index is 1.73. The first-order chi connectivity index (χ1) is 11.5. The summed E-state index contributed by atoms with van der Waals surface area (Å²) in [6.07, 6.45) is 0.232. The molecule has 126 valence electrons. The van der Waals surface area contributed by atoms with Crippen molar-refractivity contribution in [2.75, 3.05) is 18.6 Å². The van der Waals surface area contributed by atoms with Gasteiger partial charge in [0, 0.05) is 19.9 Å². The Labute approximate surface area is 139 Å². The van der Waals surface area contributed by atoms with Gasteiger partial charge in [-0.2, -0.15) is 0 Å². The number of rotatable bonds is 4. The fourth-order valence-electron chi connectivity index (χ4n) is 2.88. The molecule has 0 aliphatic carbocycles. The molecule has 1 fully saturated rings. The van der Waals surface area contributed by atoms with E-state index in [1.54, 1.807) is 31.9 Å². The van der Waals surface area contributed by atoms with Crippen LogP contribution in [-0.4, -0.2) is 36.5 Å². The van der Waals surface area contributed by atoms with E-state index in [4.69, 9.17) is 9.15 Å². The van der Waals surface area contributed by atoms with Crippen molar-refractivity contribution >= 4 is 17.5 Å². The van der Waals surface area contributed by atoms with Crippen LogP contribution in [0.3, 0.4) is 0 Å². The molecular weight excluding hydrogens is 310 g/mol. The monoisotopic (exact) mass is 329 g/mol. The summed E-state index contributed by atoms with van der Waals surface area (Å²) >= 11 is 0. The molecule has 7 heteroatoms. The highest BCUT2D eigenvalue weighted by molar-refractivity contribution is 5.99. The predicted octanol–water partition coefficient (Wildman–Crippen LogP) is 1.84. The van der Waals surface area contributed by atoms with Crippen molar-refractivity contribution in [3.8, 4) is 5.75 Å². The normalized spacial score (nSPS) is 17.2. The molecule has 0 spiro atoms. The van der Waals surface area contributed by atoms with Crippen LogP contribution in [0.25, 0.3) is 0 Å². The zero-order chi connectivity index (χ0) is 17.3. The molecule has 2 heterocycles. The number of aryl methyl sites for hydroxylation is 2. The molecule has 7 nitrogen and oxygen atoms in total. The number of hydrogen-bond acceptors (Lipinski definition) is 5. The zero-order valence-electron chi connectivity index (χ0n) is 13.8. The predicted molar refractivity (Wildman–Crippen MR) is 87.2 cm³/mol. The van der Waals surface area contributed by atoms with E-state index in [1.165, 1.54) is 0 Å². The van der Waals surface area contributed by atoms with Crippen molar-refractivity contribution in [2.24, 2.45) is 0 Å². The van der Waals surface area contributed by atoms with Crippen molar-refractivity contribution in [3.63, 3.8) is 0 Å². The Morgan fingerprint density at radius 3 is 2.79 bits per heavy atom. The van der Waals surface area contributed by atoms with E-state index in [9.17, 15) is 9.59 Å². The molecule has 1 atom stereocenters. The Morgan fingerprint density at radius 2 is 2.12 bits per heavy atom. The number of methoxy groups -OCH3 is 1. The van der Waals surface area contributed by atoms with Crippen LogP contribution in [0.2, 0.25) is 0 Å². The molecule has 2 amide bonds. The molecule has 1 aromatic carbocycles. The number of nitrogens with one attached hydrogen (secondary N) is 1. The van der Waals surface area contributed by atoms with E-state index in [2.05, 4.69) is 10.3 Å². The van der Waals surface area contributed by atoms with Gasteiger partial charge in [0.05, 0.1) is 24.5 Å². The van der Waals surface area contributed by atoms with Gasteiger partial charge in [-0.3, -0.25) is 9.59 Å². The fraction of sp³-hybridized carbons (Fsp3) is 0.353. The van der Waals surface area contributed by atoms with E-state index in [0.717, 1.165) is 0 Å². The lowest BCUT2D eigenvalue weighted by Crippen LogP contribution is -2.37. The first-order valence-electron chi connectivity index (χ1n) is 7.68. The largest absolute Gasteiger partial charge is 0.495 e. The summed E-state index contributed by atoms with van der Waals surface area (Å²) in [5.41, 5.74) is 1.24. The fourth-order valence-corrected chi connectivity index (χ4v) is 2.88. The number of oxazole rings is 1. The second-order valence-corrected chi connectivity index (χ2v) is 5.70. The van der Waals surface area contributed by atoms with Crippen LogP contribution in [-0.2, 0) is 4.79 Å².